The second-order valence-corrected chi connectivity index (χ2v) is 7.43. The van der Waals surface area contributed by atoms with E-state index < -0.39 is 16.0 Å². The van der Waals surface area contributed by atoms with E-state index in [4.69, 9.17) is 4.74 Å². The summed E-state index contributed by atoms with van der Waals surface area (Å²) >= 11 is 0. The first-order chi connectivity index (χ1) is 11.7. The van der Waals surface area contributed by atoms with Crippen molar-refractivity contribution in [3.8, 4) is 0 Å². The zero-order valence-corrected chi connectivity index (χ0v) is 15.3. The predicted molar refractivity (Wildman–Crippen MR) is 92.5 cm³/mol. The van der Waals surface area contributed by atoms with Crippen molar-refractivity contribution in [2.24, 2.45) is 0 Å². The highest BCUT2D eigenvalue weighted by molar-refractivity contribution is 7.92. The quantitative estimate of drug-likeness (QED) is 0.776. The first-order valence-corrected chi connectivity index (χ1v) is 9.06. The summed E-state index contributed by atoms with van der Waals surface area (Å²) in [6.07, 6.45) is 1.65. The average molecular weight is 367 g/mol. The Hall–Kier alpha value is -2.39. The lowest BCUT2D eigenvalue weighted by molar-refractivity contribution is 0.0695. The van der Waals surface area contributed by atoms with Gasteiger partial charge in [-0.2, -0.15) is 5.10 Å². The van der Waals surface area contributed by atoms with Gasteiger partial charge in [0, 0.05) is 19.4 Å². The van der Waals surface area contributed by atoms with E-state index in [9.17, 15) is 18.3 Å². The molecule has 1 aromatic heterocycles. The number of aromatic carboxylic acids is 1. The number of carboxylic acids is 1. The maximum Gasteiger partial charge on any atom is 0.336 e. The Bertz CT molecular complexity index is 889. The minimum atomic E-state index is -3.96. The molecule has 0 saturated carbocycles. The van der Waals surface area contributed by atoms with Crippen molar-refractivity contribution in [3.05, 3.63) is 41.1 Å². The van der Waals surface area contributed by atoms with E-state index in [2.05, 4.69) is 9.82 Å². The molecule has 0 aliphatic heterocycles. The van der Waals surface area contributed by atoms with Gasteiger partial charge in [0.05, 0.1) is 23.1 Å². The molecule has 1 aromatic carbocycles. The van der Waals surface area contributed by atoms with Crippen molar-refractivity contribution in [2.75, 3.05) is 18.4 Å². The summed E-state index contributed by atoms with van der Waals surface area (Å²) in [5.41, 5.74) is 0.677. The molecule has 1 atom stereocenters. The summed E-state index contributed by atoms with van der Waals surface area (Å²) in [6, 6.07) is 4.35. The number of hydrogen-bond donors (Lipinski definition) is 2. The molecule has 9 heteroatoms. The Morgan fingerprint density at radius 3 is 2.64 bits per heavy atom. The zero-order valence-electron chi connectivity index (χ0n) is 14.5. The highest BCUT2D eigenvalue weighted by Crippen LogP contribution is 2.24. The summed E-state index contributed by atoms with van der Waals surface area (Å²) in [7, 11) is -2.39. The number of nitrogens with one attached hydrogen (secondary N) is 1. The molecule has 0 aliphatic carbocycles. The lowest BCUT2D eigenvalue weighted by Crippen LogP contribution is -2.18. The van der Waals surface area contributed by atoms with Crippen molar-refractivity contribution in [3.63, 3.8) is 0 Å². The molecule has 2 rings (SSSR count). The molecule has 8 nitrogen and oxygen atoms in total. The van der Waals surface area contributed by atoms with Crippen molar-refractivity contribution >= 4 is 21.8 Å². The third-order valence-electron chi connectivity index (χ3n) is 3.83. The number of ether oxygens (including phenoxy) is 1. The number of hydrogen-bond acceptors (Lipinski definition) is 5. The number of methoxy groups -OCH3 is 1. The molecule has 0 saturated heterocycles. The molecule has 0 spiro atoms. The van der Waals surface area contributed by atoms with Crippen LogP contribution in [0.5, 0.6) is 0 Å². The van der Waals surface area contributed by atoms with E-state index in [1.54, 1.807) is 24.9 Å². The summed E-state index contributed by atoms with van der Waals surface area (Å²) in [6.45, 7) is 5.42. The van der Waals surface area contributed by atoms with Crippen LogP contribution in [0, 0.1) is 13.8 Å². The Morgan fingerprint density at radius 2 is 2.04 bits per heavy atom. The molecule has 25 heavy (non-hydrogen) atoms. The molecule has 0 radical (unpaired) electrons. The molecule has 0 fully saturated rings. The number of sulfonamides is 1. The maximum atomic E-state index is 12.6. The van der Waals surface area contributed by atoms with Gasteiger partial charge in [0.25, 0.3) is 10.0 Å². The Kier molecular flexibility index (Phi) is 5.48. The number of carboxylic acid groups (broad SMARTS) is 1. The Morgan fingerprint density at radius 1 is 1.36 bits per heavy atom. The van der Waals surface area contributed by atoms with Crippen molar-refractivity contribution in [1.82, 2.24) is 9.78 Å². The lowest BCUT2D eigenvalue weighted by Gasteiger charge is -2.13. The lowest BCUT2D eigenvalue weighted by atomic mass is 10.0. The number of benzene rings is 1. The van der Waals surface area contributed by atoms with Crippen molar-refractivity contribution in [1.29, 1.82) is 0 Å². The summed E-state index contributed by atoms with van der Waals surface area (Å²) < 4.78 is 34.3. The monoisotopic (exact) mass is 367 g/mol. The molecule has 0 bridgehead atoms. The molecule has 2 aromatic rings. The molecular formula is C16H21N3O5S. The fraction of sp³-hybridized carbons (Fsp3) is 0.375. The van der Waals surface area contributed by atoms with Gasteiger partial charge in [-0.25, -0.2) is 13.2 Å². The Balaban J connectivity index is 2.35. The highest BCUT2D eigenvalue weighted by Gasteiger charge is 2.23. The number of rotatable bonds is 7. The van der Waals surface area contributed by atoms with Gasteiger partial charge in [0.2, 0.25) is 0 Å². The molecule has 136 valence electrons. The topological polar surface area (TPSA) is 111 Å². The number of carbonyl (C=O) groups is 1. The Labute approximate surface area is 146 Å². The molecule has 1 heterocycles. The van der Waals surface area contributed by atoms with E-state index in [1.165, 1.54) is 25.1 Å². The first-order valence-electron chi connectivity index (χ1n) is 7.57. The smallest absolute Gasteiger partial charge is 0.336 e. The molecular weight excluding hydrogens is 346 g/mol. The van der Waals surface area contributed by atoms with Gasteiger partial charge in [-0.15, -0.1) is 0 Å². The molecule has 0 amide bonds. The van der Waals surface area contributed by atoms with Crippen LogP contribution in [0.1, 0.15) is 34.5 Å². The largest absolute Gasteiger partial charge is 0.478 e. The summed E-state index contributed by atoms with van der Waals surface area (Å²) in [4.78, 5) is 11.3. The third-order valence-corrected chi connectivity index (χ3v) is 5.33. The normalized spacial score (nSPS) is 12.8. The van der Waals surface area contributed by atoms with Gasteiger partial charge in [-0.1, -0.05) is 6.07 Å². The van der Waals surface area contributed by atoms with E-state index in [0.717, 1.165) is 0 Å². The zero-order chi connectivity index (χ0) is 18.8. The predicted octanol–water partition coefficient (Wildman–Crippen LogP) is 2.21. The van der Waals surface area contributed by atoms with Gasteiger partial charge in [0.1, 0.15) is 0 Å². The standard InChI is InChI=1S/C16H21N3O5S/c1-10-5-6-13(12(3)15(10)16(20)21)25(22,23)18-14-7-8-19(17-14)11(2)9-24-4/h5-8,11H,9H2,1-4H3,(H,17,18)(H,20,21). The fourth-order valence-electron chi connectivity index (χ4n) is 2.60. The van der Waals surface area contributed by atoms with Gasteiger partial charge < -0.3 is 9.84 Å². The van der Waals surface area contributed by atoms with E-state index in [-0.39, 0.29) is 27.9 Å². The van der Waals surface area contributed by atoms with Crippen LogP contribution in [-0.4, -0.2) is 43.0 Å². The van der Waals surface area contributed by atoms with E-state index in [1.807, 2.05) is 6.92 Å². The van der Waals surface area contributed by atoms with Gasteiger partial charge in [0.15, 0.2) is 5.82 Å². The highest BCUT2D eigenvalue weighted by atomic mass is 32.2. The van der Waals surface area contributed by atoms with Crippen molar-refractivity contribution < 1.29 is 23.1 Å². The second kappa shape index (κ2) is 7.24. The van der Waals surface area contributed by atoms with E-state index in [0.29, 0.717) is 12.2 Å². The SMILES string of the molecule is COCC(C)n1ccc(NS(=O)(=O)c2ccc(C)c(C(=O)O)c2C)n1. The minimum absolute atomic E-state index is 0.0119. The molecule has 1 unspecified atom stereocenters. The van der Waals surface area contributed by atoms with E-state index >= 15 is 0 Å². The van der Waals surface area contributed by atoms with Crippen molar-refractivity contribution in [2.45, 2.75) is 31.7 Å². The van der Waals surface area contributed by atoms with Crippen LogP contribution >= 0.6 is 0 Å². The van der Waals surface area contributed by atoms with Crippen LogP contribution in [0.25, 0.3) is 0 Å². The average Bonchev–Trinajstić information content (AvgIpc) is 2.94. The van der Waals surface area contributed by atoms with Crippen LogP contribution in [-0.2, 0) is 14.8 Å². The van der Waals surface area contributed by atoms with Crippen LogP contribution in [0.3, 0.4) is 0 Å². The maximum absolute atomic E-state index is 12.6. The number of aryl methyl sites for hydroxylation is 1. The number of anilines is 1. The van der Waals surface area contributed by atoms with Gasteiger partial charge >= 0.3 is 5.97 Å². The summed E-state index contributed by atoms with van der Waals surface area (Å²) in [5.74, 6) is -1.01. The molecule has 2 N–H and O–H groups in total. The number of aromatic nitrogens is 2. The van der Waals surface area contributed by atoms with Crippen LogP contribution in [0.15, 0.2) is 29.3 Å². The van der Waals surface area contributed by atoms with Crippen LogP contribution < -0.4 is 4.72 Å². The van der Waals surface area contributed by atoms with Crippen LogP contribution in [0.4, 0.5) is 5.82 Å². The minimum Gasteiger partial charge on any atom is -0.478 e. The fourth-order valence-corrected chi connectivity index (χ4v) is 3.84. The first kappa shape index (κ1) is 18.9. The van der Waals surface area contributed by atoms with Gasteiger partial charge in [-0.3, -0.25) is 9.40 Å². The van der Waals surface area contributed by atoms with Gasteiger partial charge in [-0.05, 0) is 38.0 Å². The van der Waals surface area contributed by atoms with Crippen LogP contribution in [0.2, 0.25) is 0 Å². The summed E-state index contributed by atoms with van der Waals surface area (Å²) in [5, 5.41) is 13.5. The second-order valence-electron chi connectivity index (χ2n) is 5.78. The number of nitrogens with zero attached hydrogens (tertiary/aromatic N) is 2. The third kappa shape index (κ3) is 3.99. The molecule has 0 aliphatic rings.